The van der Waals surface area contributed by atoms with E-state index < -0.39 is 17.6 Å². The zero-order valence-electron chi connectivity index (χ0n) is 16.8. The van der Waals surface area contributed by atoms with Gasteiger partial charge in [-0.05, 0) is 43.7 Å². The minimum atomic E-state index is -0.727. The summed E-state index contributed by atoms with van der Waals surface area (Å²) in [5, 5.41) is 0. The Morgan fingerprint density at radius 3 is 2.40 bits per heavy atom. The van der Waals surface area contributed by atoms with Crippen LogP contribution in [0.15, 0.2) is 51.7 Å². The molecule has 2 aromatic carbocycles. The van der Waals surface area contributed by atoms with Crippen molar-refractivity contribution in [3.8, 4) is 0 Å². The predicted molar refractivity (Wildman–Crippen MR) is 109 cm³/mol. The molecule has 0 N–H and O–H groups in total. The minimum Gasteiger partial charge on any atom is -0.408 e. The highest BCUT2D eigenvalue weighted by Crippen LogP contribution is 2.19. The molecule has 3 aromatic rings. The molecular weight excluding hydrogens is 389 g/mol. The Bertz CT molecular complexity index is 1170. The zero-order chi connectivity index (χ0) is 21.4. The van der Waals surface area contributed by atoms with E-state index in [1.807, 2.05) is 0 Å². The molecule has 30 heavy (non-hydrogen) atoms. The van der Waals surface area contributed by atoms with E-state index in [4.69, 9.17) is 4.42 Å². The number of carbonyl (C=O) groups excluding carboxylic acids is 2. The van der Waals surface area contributed by atoms with Crippen molar-refractivity contribution < 1.29 is 18.4 Å². The lowest BCUT2D eigenvalue weighted by molar-refractivity contribution is -0.135. The first-order valence-electron chi connectivity index (χ1n) is 9.81. The second kappa shape index (κ2) is 7.78. The summed E-state index contributed by atoms with van der Waals surface area (Å²) in [7, 11) is 0. The lowest BCUT2D eigenvalue weighted by Gasteiger charge is -2.36. The van der Waals surface area contributed by atoms with Crippen molar-refractivity contribution in [1.29, 1.82) is 0 Å². The second-order valence-electron chi connectivity index (χ2n) is 7.46. The molecule has 0 radical (unpaired) electrons. The van der Waals surface area contributed by atoms with Crippen molar-refractivity contribution in [2.75, 3.05) is 26.2 Å². The van der Waals surface area contributed by atoms with Gasteiger partial charge in [-0.2, -0.15) is 0 Å². The SMILES string of the molecule is Cc1ccc(C(=O)N2CCN(C(=O)C(C)n3c(=O)oc4ccccc43)CC2)cc1F. The highest BCUT2D eigenvalue weighted by atomic mass is 19.1. The van der Waals surface area contributed by atoms with E-state index in [0.29, 0.717) is 48.4 Å². The minimum absolute atomic E-state index is 0.211. The Kier molecular flexibility index (Phi) is 5.15. The van der Waals surface area contributed by atoms with Gasteiger partial charge in [0.05, 0.1) is 5.52 Å². The molecule has 1 aliphatic heterocycles. The third-order valence-corrected chi connectivity index (χ3v) is 5.56. The number of aryl methyl sites for hydroxylation is 1. The van der Waals surface area contributed by atoms with Crippen LogP contribution in [0, 0.1) is 12.7 Å². The number of hydrogen-bond donors (Lipinski definition) is 0. The maximum Gasteiger partial charge on any atom is 0.420 e. The first-order valence-corrected chi connectivity index (χ1v) is 9.81. The number of para-hydroxylation sites is 2. The molecule has 2 amide bonds. The molecule has 1 saturated heterocycles. The van der Waals surface area contributed by atoms with Gasteiger partial charge >= 0.3 is 5.76 Å². The van der Waals surface area contributed by atoms with Gasteiger partial charge in [0, 0.05) is 31.7 Å². The number of oxazole rings is 1. The third-order valence-electron chi connectivity index (χ3n) is 5.56. The molecule has 0 bridgehead atoms. The van der Waals surface area contributed by atoms with E-state index in [2.05, 4.69) is 0 Å². The Morgan fingerprint density at radius 2 is 1.70 bits per heavy atom. The fourth-order valence-corrected chi connectivity index (χ4v) is 3.76. The van der Waals surface area contributed by atoms with Crippen LogP contribution < -0.4 is 5.76 Å². The summed E-state index contributed by atoms with van der Waals surface area (Å²) >= 11 is 0. The van der Waals surface area contributed by atoms with E-state index in [1.165, 1.54) is 10.6 Å². The lowest BCUT2D eigenvalue weighted by Crippen LogP contribution is -2.52. The van der Waals surface area contributed by atoms with Gasteiger partial charge in [-0.1, -0.05) is 18.2 Å². The van der Waals surface area contributed by atoms with Gasteiger partial charge in [0.2, 0.25) is 5.91 Å². The van der Waals surface area contributed by atoms with Crippen molar-refractivity contribution in [3.63, 3.8) is 0 Å². The highest BCUT2D eigenvalue weighted by Gasteiger charge is 2.30. The van der Waals surface area contributed by atoms with Crippen molar-refractivity contribution in [2.45, 2.75) is 19.9 Å². The largest absolute Gasteiger partial charge is 0.420 e. The number of aromatic nitrogens is 1. The van der Waals surface area contributed by atoms with Gasteiger partial charge in [-0.25, -0.2) is 9.18 Å². The standard InChI is InChI=1S/C22H22FN3O4/c1-14-7-8-16(13-17(14)23)21(28)25-11-9-24(10-12-25)20(27)15(2)26-18-5-3-4-6-19(18)30-22(26)29/h3-8,13,15H,9-12H2,1-2H3. The maximum atomic E-state index is 13.8. The van der Waals surface area contributed by atoms with Crippen molar-refractivity contribution in [2.24, 2.45) is 0 Å². The Labute approximate surface area is 172 Å². The lowest BCUT2D eigenvalue weighted by atomic mass is 10.1. The molecule has 4 rings (SSSR count). The van der Waals surface area contributed by atoms with Crippen LogP contribution in [0.25, 0.3) is 11.1 Å². The fourth-order valence-electron chi connectivity index (χ4n) is 3.76. The molecular formula is C22H22FN3O4. The van der Waals surface area contributed by atoms with Crippen LogP contribution in [0.5, 0.6) is 0 Å². The number of benzene rings is 2. The van der Waals surface area contributed by atoms with E-state index in [9.17, 15) is 18.8 Å². The number of nitrogens with zero attached hydrogens (tertiary/aromatic N) is 3. The maximum absolute atomic E-state index is 13.8. The summed E-state index contributed by atoms with van der Waals surface area (Å²) in [5.41, 5.74) is 1.78. The normalized spacial score (nSPS) is 15.4. The summed E-state index contributed by atoms with van der Waals surface area (Å²) in [6.45, 7) is 4.67. The van der Waals surface area contributed by atoms with Crippen LogP contribution in [0.2, 0.25) is 0 Å². The molecule has 156 valence electrons. The molecule has 0 spiro atoms. The van der Waals surface area contributed by atoms with Gasteiger partial charge in [0.15, 0.2) is 5.58 Å². The summed E-state index contributed by atoms with van der Waals surface area (Å²) in [5.74, 6) is -1.46. The first kappa shape index (κ1) is 19.9. The smallest absolute Gasteiger partial charge is 0.408 e. The molecule has 1 atom stereocenters. The van der Waals surface area contributed by atoms with Crippen molar-refractivity contribution in [1.82, 2.24) is 14.4 Å². The Hall–Kier alpha value is -3.42. The van der Waals surface area contributed by atoms with Crippen molar-refractivity contribution in [3.05, 3.63) is 70.0 Å². The molecule has 1 fully saturated rings. The van der Waals surface area contributed by atoms with Crippen LogP contribution in [0.3, 0.4) is 0 Å². The van der Waals surface area contributed by atoms with Crippen LogP contribution in [0.4, 0.5) is 4.39 Å². The third kappa shape index (κ3) is 3.49. The average molecular weight is 411 g/mol. The fraction of sp³-hybridized carbons (Fsp3) is 0.318. The monoisotopic (exact) mass is 411 g/mol. The van der Waals surface area contributed by atoms with Gasteiger partial charge in [-0.3, -0.25) is 14.2 Å². The summed E-state index contributed by atoms with van der Waals surface area (Å²) in [6.07, 6.45) is 0. The Balaban J connectivity index is 1.45. The number of hydrogen-bond acceptors (Lipinski definition) is 4. The molecule has 8 heteroatoms. The van der Waals surface area contributed by atoms with Gasteiger partial charge in [0.1, 0.15) is 11.9 Å². The summed E-state index contributed by atoms with van der Waals surface area (Å²) in [4.78, 5) is 41.1. The highest BCUT2D eigenvalue weighted by molar-refractivity contribution is 5.94. The average Bonchev–Trinajstić information content (AvgIpc) is 3.10. The quantitative estimate of drug-likeness (QED) is 0.664. The Morgan fingerprint density at radius 1 is 1.03 bits per heavy atom. The predicted octanol–water partition coefficient (Wildman–Crippen LogP) is 2.59. The van der Waals surface area contributed by atoms with Crippen molar-refractivity contribution >= 4 is 22.9 Å². The molecule has 0 saturated carbocycles. The number of fused-ring (bicyclic) bond motifs is 1. The van der Waals surface area contributed by atoms with E-state index >= 15 is 0 Å². The number of rotatable bonds is 3. The van der Waals surface area contributed by atoms with E-state index in [1.54, 1.807) is 60.0 Å². The van der Waals surface area contributed by atoms with Crippen LogP contribution >= 0.6 is 0 Å². The molecule has 1 aliphatic rings. The first-order chi connectivity index (χ1) is 14.4. The molecule has 2 heterocycles. The van der Waals surface area contributed by atoms with Gasteiger partial charge in [-0.15, -0.1) is 0 Å². The van der Waals surface area contributed by atoms with Crippen LogP contribution in [-0.2, 0) is 4.79 Å². The zero-order valence-corrected chi connectivity index (χ0v) is 16.8. The van der Waals surface area contributed by atoms with Gasteiger partial charge in [0.25, 0.3) is 5.91 Å². The summed E-state index contributed by atoms with van der Waals surface area (Å²) in [6, 6.07) is 10.7. The van der Waals surface area contributed by atoms with E-state index in [-0.39, 0.29) is 11.8 Å². The summed E-state index contributed by atoms with van der Waals surface area (Å²) < 4.78 is 20.4. The number of amides is 2. The number of piperazine rings is 1. The second-order valence-corrected chi connectivity index (χ2v) is 7.46. The molecule has 1 unspecified atom stereocenters. The number of carbonyl (C=O) groups is 2. The number of halogens is 1. The topological polar surface area (TPSA) is 75.8 Å². The molecule has 1 aromatic heterocycles. The van der Waals surface area contributed by atoms with Gasteiger partial charge < -0.3 is 14.2 Å². The van der Waals surface area contributed by atoms with Crippen LogP contribution in [0.1, 0.15) is 28.9 Å². The van der Waals surface area contributed by atoms with Crippen LogP contribution in [-0.4, -0.2) is 52.4 Å². The molecule has 0 aliphatic carbocycles. The molecule has 7 nitrogen and oxygen atoms in total. The van der Waals surface area contributed by atoms with E-state index in [0.717, 1.165) is 0 Å².